The minimum Gasteiger partial charge on any atom is -0.306 e. The number of nitro groups is 1. The largest absolute Gasteiger partial charge is 0.306 e. The van der Waals surface area contributed by atoms with Gasteiger partial charge in [-0.1, -0.05) is 6.07 Å². The van der Waals surface area contributed by atoms with E-state index >= 15 is 0 Å². The summed E-state index contributed by atoms with van der Waals surface area (Å²) in [6.07, 6.45) is 0.952. The van der Waals surface area contributed by atoms with Crippen molar-refractivity contribution >= 4 is 15.7 Å². The van der Waals surface area contributed by atoms with E-state index in [4.69, 9.17) is 0 Å². The van der Waals surface area contributed by atoms with Crippen LogP contribution >= 0.6 is 0 Å². The molecule has 1 atom stereocenters. The third-order valence-corrected chi connectivity index (χ3v) is 4.81. The van der Waals surface area contributed by atoms with Gasteiger partial charge in [0.2, 0.25) is 10.0 Å². The van der Waals surface area contributed by atoms with Gasteiger partial charge in [0, 0.05) is 25.2 Å². The molecule has 0 radical (unpaired) electrons. The van der Waals surface area contributed by atoms with Crippen molar-refractivity contribution in [3.8, 4) is 0 Å². The summed E-state index contributed by atoms with van der Waals surface area (Å²) in [4.78, 5) is 12.1. The predicted molar refractivity (Wildman–Crippen MR) is 73.9 cm³/mol. The first-order valence-electron chi connectivity index (χ1n) is 6.31. The number of sulfonamides is 1. The molecule has 0 aromatic heterocycles. The van der Waals surface area contributed by atoms with Crippen LogP contribution in [0.3, 0.4) is 0 Å². The van der Waals surface area contributed by atoms with E-state index in [-0.39, 0.29) is 16.5 Å². The van der Waals surface area contributed by atoms with Gasteiger partial charge in [0.1, 0.15) is 0 Å². The van der Waals surface area contributed by atoms with Crippen molar-refractivity contribution in [3.05, 3.63) is 34.4 Å². The highest BCUT2D eigenvalue weighted by Crippen LogP contribution is 2.18. The monoisotopic (exact) mass is 299 g/mol. The molecule has 2 rings (SSSR count). The summed E-state index contributed by atoms with van der Waals surface area (Å²) in [6, 6.07) is 5.07. The summed E-state index contributed by atoms with van der Waals surface area (Å²) in [5.74, 6) is 0.286. The van der Waals surface area contributed by atoms with Crippen LogP contribution in [0.25, 0.3) is 0 Å². The number of likely N-dealkylation sites (tertiary alicyclic amines) is 1. The van der Waals surface area contributed by atoms with E-state index < -0.39 is 14.9 Å². The quantitative estimate of drug-likeness (QED) is 0.642. The summed E-state index contributed by atoms with van der Waals surface area (Å²) >= 11 is 0. The van der Waals surface area contributed by atoms with Crippen LogP contribution in [0, 0.1) is 16.0 Å². The highest BCUT2D eigenvalue weighted by Gasteiger charge is 2.23. The lowest BCUT2D eigenvalue weighted by Crippen LogP contribution is -2.30. The van der Waals surface area contributed by atoms with E-state index in [0.29, 0.717) is 6.54 Å². The lowest BCUT2D eigenvalue weighted by molar-refractivity contribution is -0.385. The van der Waals surface area contributed by atoms with Crippen LogP contribution in [0.1, 0.15) is 6.42 Å². The Morgan fingerprint density at radius 2 is 2.25 bits per heavy atom. The Balaban J connectivity index is 2.06. The number of non-ortho nitro benzene ring substituents is 1. The number of benzene rings is 1. The van der Waals surface area contributed by atoms with Crippen LogP contribution in [0.4, 0.5) is 5.69 Å². The van der Waals surface area contributed by atoms with E-state index in [1.54, 1.807) is 0 Å². The lowest BCUT2D eigenvalue weighted by atomic mass is 10.1. The Hall–Kier alpha value is -1.51. The highest BCUT2D eigenvalue weighted by molar-refractivity contribution is 7.89. The van der Waals surface area contributed by atoms with Gasteiger partial charge < -0.3 is 4.90 Å². The van der Waals surface area contributed by atoms with Crippen molar-refractivity contribution in [3.63, 3.8) is 0 Å². The predicted octanol–water partition coefficient (Wildman–Crippen LogP) is 0.825. The van der Waals surface area contributed by atoms with Gasteiger partial charge in [-0.05, 0) is 32.0 Å². The van der Waals surface area contributed by atoms with Crippen LogP contribution in [0.5, 0.6) is 0 Å². The smallest absolute Gasteiger partial charge is 0.270 e. The molecule has 1 N–H and O–H groups in total. The van der Waals surface area contributed by atoms with Crippen molar-refractivity contribution in [1.29, 1.82) is 0 Å². The second-order valence-electron chi connectivity index (χ2n) is 5.02. The second kappa shape index (κ2) is 5.86. The number of nitrogens with one attached hydrogen (secondary N) is 1. The molecule has 1 aromatic rings. The van der Waals surface area contributed by atoms with Crippen LogP contribution < -0.4 is 4.72 Å². The minimum absolute atomic E-state index is 0.0712. The molecule has 110 valence electrons. The fourth-order valence-corrected chi connectivity index (χ4v) is 3.42. The molecule has 1 aromatic carbocycles. The first-order chi connectivity index (χ1) is 9.38. The van der Waals surface area contributed by atoms with Gasteiger partial charge in [0.25, 0.3) is 5.69 Å². The molecular weight excluding hydrogens is 282 g/mol. The normalized spacial score (nSPS) is 20.1. The van der Waals surface area contributed by atoms with E-state index in [2.05, 4.69) is 9.62 Å². The number of nitrogens with zero attached hydrogens (tertiary/aromatic N) is 2. The molecule has 0 amide bonds. The topological polar surface area (TPSA) is 92.6 Å². The Labute approximate surface area is 117 Å². The molecule has 0 aliphatic carbocycles. The molecule has 0 saturated carbocycles. The fraction of sp³-hybridized carbons (Fsp3) is 0.500. The van der Waals surface area contributed by atoms with Crippen LogP contribution in [0.2, 0.25) is 0 Å². The van der Waals surface area contributed by atoms with Crippen molar-refractivity contribution in [2.75, 3.05) is 26.7 Å². The summed E-state index contributed by atoms with van der Waals surface area (Å²) in [7, 11) is -1.70. The van der Waals surface area contributed by atoms with Gasteiger partial charge in [0.05, 0.1) is 9.82 Å². The molecule has 20 heavy (non-hydrogen) atoms. The van der Waals surface area contributed by atoms with Crippen molar-refractivity contribution < 1.29 is 13.3 Å². The average Bonchev–Trinajstić information content (AvgIpc) is 2.82. The second-order valence-corrected chi connectivity index (χ2v) is 6.79. The maximum atomic E-state index is 12.1. The zero-order chi connectivity index (χ0) is 14.8. The van der Waals surface area contributed by atoms with Gasteiger partial charge >= 0.3 is 0 Å². The summed E-state index contributed by atoms with van der Waals surface area (Å²) in [5.41, 5.74) is -0.228. The SMILES string of the molecule is CN1CCC(CNS(=O)(=O)c2cccc([N+](=O)[O-])c2)C1. The molecule has 1 heterocycles. The maximum absolute atomic E-state index is 12.1. The van der Waals surface area contributed by atoms with E-state index in [9.17, 15) is 18.5 Å². The molecule has 1 saturated heterocycles. The Kier molecular flexibility index (Phi) is 4.36. The fourth-order valence-electron chi connectivity index (χ4n) is 2.27. The number of nitro benzene ring substituents is 1. The van der Waals surface area contributed by atoms with Gasteiger partial charge in [-0.15, -0.1) is 0 Å². The molecule has 1 aliphatic rings. The van der Waals surface area contributed by atoms with Gasteiger partial charge in [-0.2, -0.15) is 0 Å². The number of hydrogen-bond donors (Lipinski definition) is 1. The Morgan fingerprint density at radius 1 is 1.50 bits per heavy atom. The average molecular weight is 299 g/mol. The van der Waals surface area contributed by atoms with Crippen LogP contribution in [-0.4, -0.2) is 44.9 Å². The van der Waals surface area contributed by atoms with Gasteiger partial charge in [-0.25, -0.2) is 13.1 Å². The Morgan fingerprint density at radius 3 is 2.85 bits per heavy atom. The van der Waals surface area contributed by atoms with E-state index in [1.807, 2.05) is 7.05 Å². The van der Waals surface area contributed by atoms with Crippen LogP contribution in [0.15, 0.2) is 29.2 Å². The summed E-state index contributed by atoms with van der Waals surface area (Å²) in [6.45, 7) is 2.18. The van der Waals surface area contributed by atoms with Crippen LogP contribution in [-0.2, 0) is 10.0 Å². The molecule has 0 bridgehead atoms. The third-order valence-electron chi connectivity index (χ3n) is 3.39. The zero-order valence-electron chi connectivity index (χ0n) is 11.2. The summed E-state index contributed by atoms with van der Waals surface area (Å²) in [5, 5.41) is 10.7. The Bertz CT molecular complexity index is 602. The van der Waals surface area contributed by atoms with E-state index in [1.165, 1.54) is 18.2 Å². The number of rotatable bonds is 5. The van der Waals surface area contributed by atoms with Gasteiger partial charge in [-0.3, -0.25) is 10.1 Å². The number of hydrogen-bond acceptors (Lipinski definition) is 5. The van der Waals surface area contributed by atoms with Crippen molar-refractivity contribution in [1.82, 2.24) is 9.62 Å². The molecular formula is C12H17N3O4S. The molecule has 7 nitrogen and oxygen atoms in total. The zero-order valence-corrected chi connectivity index (χ0v) is 12.0. The molecule has 1 unspecified atom stereocenters. The molecule has 1 aliphatic heterocycles. The minimum atomic E-state index is -3.69. The molecule has 0 spiro atoms. The molecule has 8 heteroatoms. The first kappa shape index (κ1) is 14.9. The summed E-state index contributed by atoms with van der Waals surface area (Å²) < 4.78 is 26.7. The van der Waals surface area contributed by atoms with Crippen molar-refractivity contribution in [2.45, 2.75) is 11.3 Å². The van der Waals surface area contributed by atoms with Gasteiger partial charge in [0.15, 0.2) is 0 Å². The third kappa shape index (κ3) is 3.53. The van der Waals surface area contributed by atoms with Crippen molar-refractivity contribution in [2.24, 2.45) is 5.92 Å². The highest BCUT2D eigenvalue weighted by atomic mass is 32.2. The maximum Gasteiger partial charge on any atom is 0.270 e. The standard InChI is InChI=1S/C12H17N3O4S/c1-14-6-5-10(9-14)8-13-20(18,19)12-4-2-3-11(7-12)15(16)17/h2-4,7,10,13H,5-6,8-9H2,1H3. The molecule has 1 fully saturated rings. The first-order valence-corrected chi connectivity index (χ1v) is 7.79. The lowest BCUT2D eigenvalue weighted by Gasteiger charge is -2.12. The van der Waals surface area contributed by atoms with E-state index in [0.717, 1.165) is 25.6 Å².